The molecule has 0 fully saturated rings. The second kappa shape index (κ2) is 4.40. The summed E-state index contributed by atoms with van der Waals surface area (Å²) in [6, 6.07) is 4.02. The van der Waals surface area contributed by atoms with Crippen molar-refractivity contribution in [2.45, 2.75) is 13.0 Å². The van der Waals surface area contributed by atoms with Gasteiger partial charge in [-0.1, -0.05) is 11.3 Å². The van der Waals surface area contributed by atoms with Gasteiger partial charge in [-0.15, -0.1) is 5.10 Å². The van der Waals surface area contributed by atoms with Crippen LogP contribution in [0.5, 0.6) is 0 Å². The number of aromatic nitrogens is 4. The van der Waals surface area contributed by atoms with Gasteiger partial charge in [-0.25, -0.2) is 0 Å². The van der Waals surface area contributed by atoms with Crippen molar-refractivity contribution in [3.63, 3.8) is 0 Å². The van der Waals surface area contributed by atoms with Crippen LogP contribution in [0, 0.1) is 6.92 Å². The van der Waals surface area contributed by atoms with Crippen molar-refractivity contribution in [1.82, 2.24) is 25.3 Å². The second-order valence-corrected chi connectivity index (χ2v) is 3.71. The maximum atomic E-state index is 4.42. The van der Waals surface area contributed by atoms with Crippen molar-refractivity contribution in [3.8, 4) is 0 Å². The highest BCUT2D eigenvalue weighted by molar-refractivity contribution is 5.27. The van der Waals surface area contributed by atoms with Gasteiger partial charge in [-0.2, -0.15) is 0 Å². The Labute approximate surface area is 94.5 Å². The van der Waals surface area contributed by atoms with Gasteiger partial charge < -0.3 is 5.32 Å². The van der Waals surface area contributed by atoms with Crippen LogP contribution in [-0.2, 0) is 7.05 Å². The number of hydrogen-bond acceptors (Lipinski definition) is 4. The summed E-state index contributed by atoms with van der Waals surface area (Å²) >= 11 is 0. The van der Waals surface area contributed by atoms with Crippen LogP contribution in [-0.4, -0.2) is 27.0 Å². The van der Waals surface area contributed by atoms with Gasteiger partial charge in [0.25, 0.3) is 0 Å². The molecule has 0 saturated heterocycles. The summed E-state index contributed by atoms with van der Waals surface area (Å²) in [4.78, 5) is 4.42. The number of nitrogens with one attached hydrogen (secondary N) is 1. The normalized spacial score (nSPS) is 12.7. The zero-order valence-corrected chi connectivity index (χ0v) is 9.68. The molecular weight excluding hydrogens is 202 g/mol. The largest absolute Gasteiger partial charge is 0.307 e. The van der Waals surface area contributed by atoms with Crippen LogP contribution in [0.25, 0.3) is 0 Å². The van der Waals surface area contributed by atoms with Crippen LogP contribution in [0.4, 0.5) is 0 Å². The minimum absolute atomic E-state index is 0.0289. The van der Waals surface area contributed by atoms with Gasteiger partial charge in [0.2, 0.25) is 0 Å². The van der Waals surface area contributed by atoms with E-state index in [4.69, 9.17) is 0 Å². The molecule has 0 aliphatic heterocycles. The van der Waals surface area contributed by atoms with Gasteiger partial charge in [-0.05, 0) is 25.6 Å². The van der Waals surface area contributed by atoms with E-state index in [2.05, 4.69) is 33.6 Å². The average molecular weight is 217 g/mol. The predicted octanol–water partition coefficient (Wildman–Crippen LogP) is 0.827. The number of aryl methyl sites for hydroxylation is 2. The quantitative estimate of drug-likeness (QED) is 0.827. The lowest BCUT2D eigenvalue weighted by molar-refractivity contribution is 0.585. The minimum atomic E-state index is 0.0289. The number of rotatable bonds is 3. The molecule has 0 saturated carbocycles. The Kier molecular flexibility index (Phi) is 2.96. The standard InChI is InChI=1S/C11H15N5/c1-8-5-4-6-13-10(8)11(12-2)9-7-14-15-16(9)3/h4-7,11-12H,1-3H3. The molecule has 2 rings (SSSR count). The highest BCUT2D eigenvalue weighted by Gasteiger charge is 2.18. The third-order valence-corrected chi connectivity index (χ3v) is 2.66. The van der Waals surface area contributed by atoms with E-state index in [-0.39, 0.29) is 6.04 Å². The average Bonchev–Trinajstić information content (AvgIpc) is 2.69. The van der Waals surface area contributed by atoms with Crippen LogP contribution >= 0.6 is 0 Å². The molecule has 0 aromatic carbocycles. The molecule has 5 heteroatoms. The van der Waals surface area contributed by atoms with Crippen LogP contribution in [0.2, 0.25) is 0 Å². The van der Waals surface area contributed by atoms with Crippen molar-refractivity contribution in [2.24, 2.45) is 7.05 Å². The first-order valence-corrected chi connectivity index (χ1v) is 5.17. The Morgan fingerprint density at radius 3 is 2.81 bits per heavy atom. The Morgan fingerprint density at radius 2 is 2.25 bits per heavy atom. The Morgan fingerprint density at radius 1 is 1.44 bits per heavy atom. The first-order chi connectivity index (χ1) is 7.74. The monoisotopic (exact) mass is 217 g/mol. The summed E-state index contributed by atoms with van der Waals surface area (Å²) in [6.07, 6.45) is 3.56. The summed E-state index contributed by atoms with van der Waals surface area (Å²) in [5.74, 6) is 0. The van der Waals surface area contributed by atoms with E-state index in [9.17, 15) is 0 Å². The molecule has 0 aliphatic carbocycles. The van der Waals surface area contributed by atoms with E-state index < -0.39 is 0 Å². The summed E-state index contributed by atoms with van der Waals surface area (Å²) in [5, 5.41) is 11.1. The van der Waals surface area contributed by atoms with Gasteiger partial charge in [0.05, 0.1) is 23.6 Å². The smallest absolute Gasteiger partial charge is 0.0938 e. The van der Waals surface area contributed by atoms with Crippen molar-refractivity contribution >= 4 is 0 Å². The molecule has 2 aromatic heterocycles. The predicted molar refractivity (Wildman–Crippen MR) is 60.9 cm³/mol. The molecule has 0 amide bonds. The molecule has 16 heavy (non-hydrogen) atoms. The first kappa shape index (κ1) is 10.8. The van der Waals surface area contributed by atoms with Gasteiger partial charge in [0, 0.05) is 13.2 Å². The maximum Gasteiger partial charge on any atom is 0.0938 e. The molecule has 2 heterocycles. The lowest BCUT2D eigenvalue weighted by Gasteiger charge is -2.16. The van der Waals surface area contributed by atoms with E-state index in [1.165, 1.54) is 0 Å². The Hall–Kier alpha value is -1.75. The topological polar surface area (TPSA) is 55.6 Å². The second-order valence-electron chi connectivity index (χ2n) is 3.71. The molecule has 2 aromatic rings. The van der Waals surface area contributed by atoms with Crippen LogP contribution < -0.4 is 5.32 Å². The summed E-state index contributed by atoms with van der Waals surface area (Å²) in [7, 11) is 3.79. The molecule has 1 atom stereocenters. The number of hydrogen-bond donors (Lipinski definition) is 1. The highest BCUT2D eigenvalue weighted by Crippen LogP contribution is 2.20. The van der Waals surface area contributed by atoms with E-state index in [0.29, 0.717) is 0 Å². The number of nitrogens with zero attached hydrogens (tertiary/aromatic N) is 4. The van der Waals surface area contributed by atoms with Crippen molar-refractivity contribution in [1.29, 1.82) is 0 Å². The third-order valence-electron chi connectivity index (χ3n) is 2.66. The molecule has 0 bridgehead atoms. The maximum absolute atomic E-state index is 4.42. The fourth-order valence-electron chi connectivity index (χ4n) is 1.78. The molecule has 84 valence electrons. The SMILES string of the molecule is CNC(c1ncccc1C)c1cnnn1C. The molecule has 0 aliphatic rings. The first-order valence-electron chi connectivity index (χ1n) is 5.17. The van der Waals surface area contributed by atoms with E-state index in [1.54, 1.807) is 17.1 Å². The lowest BCUT2D eigenvalue weighted by atomic mass is 10.1. The zero-order valence-electron chi connectivity index (χ0n) is 9.68. The molecular formula is C11H15N5. The third kappa shape index (κ3) is 1.81. The van der Waals surface area contributed by atoms with E-state index in [1.807, 2.05) is 20.2 Å². The van der Waals surface area contributed by atoms with Gasteiger partial charge in [-0.3, -0.25) is 9.67 Å². The Bertz CT molecular complexity index is 477. The van der Waals surface area contributed by atoms with Crippen LogP contribution in [0.15, 0.2) is 24.5 Å². The van der Waals surface area contributed by atoms with Crippen LogP contribution in [0.3, 0.4) is 0 Å². The summed E-state index contributed by atoms with van der Waals surface area (Å²) < 4.78 is 1.76. The molecule has 0 radical (unpaired) electrons. The summed E-state index contributed by atoms with van der Waals surface area (Å²) in [5.41, 5.74) is 3.17. The fourth-order valence-corrected chi connectivity index (χ4v) is 1.78. The van der Waals surface area contributed by atoms with Crippen LogP contribution in [0.1, 0.15) is 23.0 Å². The summed E-state index contributed by atoms with van der Waals surface area (Å²) in [6.45, 7) is 2.05. The van der Waals surface area contributed by atoms with Crippen molar-refractivity contribution < 1.29 is 0 Å². The fraction of sp³-hybridized carbons (Fsp3) is 0.364. The molecule has 1 unspecified atom stereocenters. The zero-order chi connectivity index (χ0) is 11.5. The minimum Gasteiger partial charge on any atom is -0.307 e. The van der Waals surface area contributed by atoms with Gasteiger partial charge in [0.1, 0.15) is 0 Å². The number of pyridine rings is 1. The Balaban J connectivity index is 2.45. The molecule has 0 spiro atoms. The van der Waals surface area contributed by atoms with Crippen molar-refractivity contribution in [2.75, 3.05) is 7.05 Å². The van der Waals surface area contributed by atoms with E-state index >= 15 is 0 Å². The molecule has 5 nitrogen and oxygen atoms in total. The highest BCUT2D eigenvalue weighted by atomic mass is 15.4. The molecule has 1 N–H and O–H groups in total. The lowest BCUT2D eigenvalue weighted by Crippen LogP contribution is -2.22. The van der Waals surface area contributed by atoms with E-state index in [0.717, 1.165) is 17.0 Å². The van der Waals surface area contributed by atoms with Gasteiger partial charge >= 0.3 is 0 Å². The van der Waals surface area contributed by atoms with Crippen molar-refractivity contribution in [3.05, 3.63) is 41.5 Å². The van der Waals surface area contributed by atoms with Gasteiger partial charge in [0.15, 0.2) is 0 Å².